The second-order valence-corrected chi connectivity index (χ2v) is 7.25. The zero-order valence-electron chi connectivity index (χ0n) is 14.1. The van der Waals surface area contributed by atoms with Crippen LogP contribution in [0.3, 0.4) is 0 Å². The topological polar surface area (TPSA) is 54.2 Å². The van der Waals surface area contributed by atoms with E-state index in [4.69, 9.17) is 4.52 Å². The summed E-state index contributed by atoms with van der Waals surface area (Å²) < 4.78 is 5.49. The van der Waals surface area contributed by atoms with E-state index in [0.29, 0.717) is 0 Å². The first-order valence-corrected chi connectivity index (χ1v) is 8.14. The van der Waals surface area contributed by atoms with Crippen LogP contribution >= 0.6 is 0 Å². The lowest BCUT2D eigenvalue weighted by molar-refractivity contribution is 0.117. The number of aromatic nitrogens is 2. The van der Waals surface area contributed by atoms with Gasteiger partial charge in [-0.25, -0.2) is 0 Å². The van der Waals surface area contributed by atoms with Crippen LogP contribution in [-0.2, 0) is 5.41 Å². The highest BCUT2D eigenvalue weighted by molar-refractivity contribution is 5.02. The van der Waals surface area contributed by atoms with Crippen LogP contribution in [0.25, 0.3) is 0 Å². The van der Waals surface area contributed by atoms with Gasteiger partial charge in [-0.05, 0) is 58.8 Å². The molecule has 120 valence electrons. The van der Waals surface area contributed by atoms with Crippen molar-refractivity contribution in [1.29, 1.82) is 0 Å². The van der Waals surface area contributed by atoms with Gasteiger partial charge < -0.3 is 9.84 Å². The highest BCUT2D eigenvalue weighted by Gasteiger charge is 2.28. The number of nitrogens with one attached hydrogen (secondary N) is 1. The monoisotopic (exact) mass is 294 g/mol. The lowest BCUT2D eigenvalue weighted by Crippen LogP contribution is -2.36. The molecule has 5 nitrogen and oxygen atoms in total. The third-order valence-corrected chi connectivity index (χ3v) is 4.47. The first-order valence-electron chi connectivity index (χ1n) is 8.14. The summed E-state index contributed by atoms with van der Waals surface area (Å²) in [6.07, 6.45) is 3.83. The van der Waals surface area contributed by atoms with E-state index in [2.05, 4.69) is 48.1 Å². The Morgan fingerprint density at radius 1 is 1.33 bits per heavy atom. The standard InChI is InChI=1S/C16H30N4O/c1-12(14-18-15(19-21-14)16(2,3)4)20-10-7-13(8-11-20)6-9-17-5/h12-13,17H,6-11H2,1-5H3. The van der Waals surface area contributed by atoms with Gasteiger partial charge in [0.05, 0.1) is 6.04 Å². The molecule has 0 spiro atoms. The van der Waals surface area contributed by atoms with Crippen molar-refractivity contribution in [3.63, 3.8) is 0 Å². The predicted molar refractivity (Wildman–Crippen MR) is 84.3 cm³/mol. The minimum absolute atomic E-state index is 0.0540. The van der Waals surface area contributed by atoms with Gasteiger partial charge >= 0.3 is 0 Å². The number of hydrogen-bond donors (Lipinski definition) is 1. The maximum Gasteiger partial charge on any atom is 0.243 e. The van der Waals surface area contributed by atoms with Gasteiger partial charge in [0.1, 0.15) is 0 Å². The van der Waals surface area contributed by atoms with Crippen LogP contribution in [0, 0.1) is 5.92 Å². The maximum absolute atomic E-state index is 5.49. The molecule has 0 radical (unpaired) electrons. The second-order valence-electron chi connectivity index (χ2n) is 7.25. The maximum atomic E-state index is 5.49. The van der Waals surface area contributed by atoms with Crippen molar-refractivity contribution >= 4 is 0 Å². The van der Waals surface area contributed by atoms with E-state index in [1.165, 1.54) is 19.3 Å². The largest absolute Gasteiger partial charge is 0.338 e. The number of rotatable bonds is 5. The van der Waals surface area contributed by atoms with Crippen molar-refractivity contribution in [1.82, 2.24) is 20.4 Å². The number of nitrogens with zero attached hydrogens (tertiary/aromatic N) is 3. The molecule has 1 atom stereocenters. The molecular weight excluding hydrogens is 264 g/mol. The van der Waals surface area contributed by atoms with Crippen molar-refractivity contribution in [3.8, 4) is 0 Å². The van der Waals surface area contributed by atoms with Gasteiger partial charge in [0.2, 0.25) is 5.89 Å². The van der Waals surface area contributed by atoms with Crippen molar-refractivity contribution < 1.29 is 4.52 Å². The van der Waals surface area contributed by atoms with E-state index < -0.39 is 0 Å². The molecule has 2 rings (SSSR count). The van der Waals surface area contributed by atoms with Gasteiger partial charge in [-0.3, -0.25) is 4.90 Å². The van der Waals surface area contributed by atoms with Crippen LogP contribution < -0.4 is 5.32 Å². The molecule has 21 heavy (non-hydrogen) atoms. The molecule has 1 aromatic rings. The van der Waals surface area contributed by atoms with E-state index in [1.54, 1.807) is 0 Å². The summed E-state index contributed by atoms with van der Waals surface area (Å²) in [7, 11) is 2.03. The summed E-state index contributed by atoms with van der Waals surface area (Å²) in [5.41, 5.74) is -0.0540. The molecule has 1 aliphatic rings. The fraction of sp³-hybridized carbons (Fsp3) is 0.875. The van der Waals surface area contributed by atoms with Gasteiger partial charge in [0.25, 0.3) is 0 Å². The fourth-order valence-corrected chi connectivity index (χ4v) is 2.84. The quantitative estimate of drug-likeness (QED) is 0.905. The Morgan fingerprint density at radius 2 is 2.00 bits per heavy atom. The lowest BCUT2D eigenvalue weighted by atomic mass is 9.93. The minimum Gasteiger partial charge on any atom is -0.338 e. The Morgan fingerprint density at radius 3 is 2.52 bits per heavy atom. The van der Waals surface area contributed by atoms with Gasteiger partial charge in [-0.1, -0.05) is 25.9 Å². The summed E-state index contributed by atoms with van der Waals surface area (Å²) in [6.45, 7) is 11.9. The smallest absolute Gasteiger partial charge is 0.243 e. The van der Waals surface area contributed by atoms with Crippen LogP contribution in [0.5, 0.6) is 0 Å². The molecule has 1 unspecified atom stereocenters. The molecule has 1 fully saturated rings. The number of likely N-dealkylation sites (tertiary alicyclic amines) is 1. The van der Waals surface area contributed by atoms with Crippen LogP contribution in [0.2, 0.25) is 0 Å². The molecule has 5 heteroatoms. The van der Waals surface area contributed by atoms with Crippen molar-refractivity contribution in [2.24, 2.45) is 5.92 Å². The van der Waals surface area contributed by atoms with E-state index >= 15 is 0 Å². The van der Waals surface area contributed by atoms with Crippen LogP contribution in [0.15, 0.2) is 4.52 Å². The number of piperidine rings is 1. The average molecular weight is 294 g/mol. The van der Waals surface area contributed by atoms with E-state index in [1.807, 2.05) is 7.05 Å². The van der Waals surface area contributed by atoms with Crippen molar-refractivity contribution in [2.45, 2.75) is 58.4 Å². The van der Waals surface area contributed by atoms with Crippen LogP contribution in [0.4, 0.5) is 0 Å². The van der Waals surface area contributed by atoms with E-state index in [0.717, 1.165) is 37.3 Å². The summed E-state index contributed by atoms with van der Waals surface area (Å²) in [5, 5.41) is 7.38. The third kappa shape index (κ3) is 4.27. The molecule has 0 bridgehead atoms. The molecule has 1 N–H and O–H groups in total. The molecule has 0 aromatic carbocycles. The molecule has 1 aromatic heterocycles. The van der Waals surface area contributed by atoms with Gasteiger partial charge in [0.15, 0.2) is 5.82 Å². The molecule has 0 amide bonds. The van der Waals surface area contributed by atoms with E-state index in [-0.39, 0.29) is 11.5 Å². The lowest BCUT2D eigenvalue weighted by Gasteiger charge is -2.34. The normalized spacial score (nSPS) is 19.9. The minimum atomic E-state index is -0.0540. The molecule has 0 aliphatic carbocycles. The first kappa shape index (κ1) is 16.4. The van der Waals surface area contributed by atoms with Gasteiger partial charge in [0, 0.05) is 5.41 Å². The highest BCUT2D eigenvalue weighted by atomic mass is 16.5. The molecule has 1 saturated heterocycles. The van der Waals surface area contributed by atoms with Gasteiger partial charge in [-0.2, -0.15) is 4.98 Å². The summed E-state index contributed by atoms with van der Waals surface area (Å²) in [4.78, 5) is 7.06. The SMILES string of the molecule is CNCCC1CCN(C(C)c2nc(C(C)(C)C)no2)CC1. The average Bonchev–Trinajstić information content (AvgIpc) is 2.95. The highest BCUT2D eigenvalue weighted by Crippen LogP contribution is 2.28. The third-order valence-electron chi connectivity index (χ3n) is 4.47. The summed E-state index contributed by atoms with van der Waals surface area (Å²) in [6, 6.07) is 0.221. The first-order chi connectivity index (χ1) is 9.91. The van der Waals surface area contributed by atoms with E-state index in [9.17, 15) is 0 Å². The summed E-state index contributed by atoms with van der Waals surface area (Å²) >= 11 is 0. The number of hydrogen-bond acceptors (Lipinski definition) is 5. The molecular formula is C16H30N4O. The second kappa shape index (κ2) is 6.88. The predicted octanol–water partition coefficient (Wildman–Crippen LogP) is 2.75. The Bertz CT molecular complexity index is 430. The van der Waals surface area contributed by atoms with Gasteiger partial charge in [-0.15, -0.1) is 0 Å². The van der Waals surface area contributed by atoms with Crippen LogP contribution in [0.1, 0.15) is 64.7 Å². The molecule has 1 aliphatic heterocycles. The fourth-order valence-electron chi connectivity index (χ4n) is 2.84. The Hall–Kier alpha value is -0.940. The Balaban J connectivity index is 1.90. The van der Waals surface area contributed by atoms with Crippen molar-refractivity contribution in [3.05, 3.63) is 11.7 Å². The molecule has 2 heterocycles. The molecule has 0 saturated carbocycles. The summed E-state index contributed by atoms with van der Waals surface area (Å²) in [5.74, 6) is 2.41. The van der Waals surface area contributed by atoms with Crippen LogP contribution in [-0.4, -0.2) is 41.7 Å². The Kier molecular flexibility index (Phi) is 5.38. The van der Waals surface area contributed by atoms with Crippen molar-refractivity contribution in [2.75, 3.05) is 26.7 Å². The zero-order chi connectivity index (χ0) is 15.5. The zero-order valence-corrected chi connectivity index (χ0v) is 14.1. The Labute approximate surface area is 128 Å².